The molecule has 0 radical (unpaired) electrons. The number of nitrogens with zero attached hydrogens (tertiary/aromatic N) is 7. The monoisotopic (exact) mass is 356 g/mol. The molecule has 0 saturated heterocycles. The van der Waals surface area contributed by atoms with Crippen molar-refractivity contribution in [2.24, 2.45) is 17.3 Å². The molecule has 0 amide bonds. The van der Waals surface area contributed by atoms with Crippen LogP contribution in [-0.4, -0.2) is 19.6 Å². The molecule has 2 aromatic rings. The van der Waals surface area contributed by atoms with Crippen LogP contribution in [-0.2, 0) is 19.0 Å². The number of rotatable bonds is 7. The minimum atomic E-state index is -0.220. The molecule has 0 fully saturated rings. The summed E-state index contributed by atoms with van der Waals surface area (Å²) in [4.78, 5) is 0. The molecule has 8 heteroatoms. The van der Waals surface area contributed by atoms with Crippen LogP contribution in [0.25, 0.3) is 0 Å². The summed E-state index contributed by atoms with van der Waals surface area (Å²) in [6.07, 6.45) is 6.00. The maximum Gasteiger partial charge on any atom is 0.191 e. The molecule has 26 heavy (non-hydrogen) atoms. The molecule has 0 aromatic carbocycles. The van der Waals surface area contributed by atoms with Gasteiger partial charge in [-0.3, -0.25) is 4.68 Å². The Bertz CT molecular complexity index is 814. The van der Waals surface area contributed by atoms with Gasteiger partial charge in [0.05, 0.1) is 11.9 Å². The minimum absolute atomic E-state index is 0.220. The Labute approximate surface area is 154 Å². The summed E-state index contributed by atoms with van der Waals surface area (Å²) in [7, 11) is 1.78. The summed E-state index contributed by atoms with van der Waals surface area (Å²) in [6.45, 7) is 9.03. The van der Waals surface area contributed by atoms with Gasteiger partial charge < -0.3 is 5.73 Å². The standard InChI is InChI=1S/C18H28N8/c1-6-7-8-9-10-26-17(13(11-19)12-21-26)23-22-14-15(18(2,3)4)24-25(5)16(14)20/h12H,6-10,20H2,1-5H3. The van der Waals surface area contributed by atoms with Gasteiger partial charge in [-0.05, 0) is 6.42 Å². The highest BCUT2D eigenvalue weighted by molar-refractivity contribution is 5.63. The fourth-order valence-electron chi connectivity index (χ4n) is 2.64. The highest BCUT2D eigenvalue weighted by atomic mass is 15.4. The van der Waals surface area contributed by atoms with Gasteiger partial charge in [0.2, 0.25) is 0 Å². The van der Waals surface area contributed by atoms with Crippen LogP contribution >= 0.6 is 0 Å². The Morgan fingerprint density at radius 3 is 2.58 bits per heavy atom. The van der Waals surface area contributed by atoms with Gasteiger partial charge >= 0.3 is 0 Å². The van der Waals surface area contributed by atoms with E-state index in [1.165, 1.54) is 19.0 Å². The third-order valence-electron chi connectivity index (χ3n) is 4.18. The van der Waals surface area contributed by atoms with E-state index in [0.717, 1.165) is 18.5 Å². The van der Waals surface area contributed by atoms with E-state index in [0.29, 0.717) is 29.4 Å². The van der Waals surface area contributed by atoms with Gasteiger partial charge in [-0.25, -0.2) is 4.68 Å². The van der Waals surface area contributed by atoms with Crippen molar-refractivity contribution in [3.8, 4) is 6.07 Å². The molecule has 0 aliphatic carbocycles. The van der Waals surface area contributed by atoms with Crippen LogP contribution < -0.4 is 5.73 Å². The van der Waals surface area contributed by atoms with Gasteiger partial charge in [0.1, 0.15) is 17.5 Å². The zero-order chi connectivity index (χ0) is 19.3. The van der Waals surface area contributed by atoms with E-state index in [1.54, 1.807) is 16.4 Å². The zero-order valence-electron chi connectivity index (χ0n) is 16.3. The summed E-state index contributed by atoms with van der Waals surface area (Å²) >= 11 is 0. The third kappa shape index (κ3) is 4.28. The van der Waals surface area contributed by atoms with Crippen LogP contribution in [0.2, 0.25) is 0 Å². The first-order valence-corrected chi connectivity index (χ1v) is 9.00. The number of unbranched alkanes of at least 4 members (excludes halogenated alkanes) is 3. The first kappa shape index (κ1) is 19.6. The van der Waals surface area contributed by atoms with E-state index in [-0.39, 0.29) is 5.41 Å². The zero-order valence-corrected chi connectivity index (χ0v) is 16.3. The Morgan fingerprint density at radius 1 is 1.23 bits per heavy atom. The summed E-state index contributed by atoms with van der Waals surface area (Å²) in [5, 5.41) is 26.8. The number of aromatic nitrogens is 4. The highest BCUT2D eigenvalue weighted by Crippen LogP contribution is 2.36. The molecular weight excluding hydrogens is 328 g/mol. The number of nitrogens with two attached hydrogens (primary N) is 1. The van der Waals surface area contributed by atoms with Gasteiger partial charge in [0.25, 0.3) is 0 Å². The van der Waals surface area contributed by atoms with Crippen molar-refractivity contribution in [1.82, 2.24) is 19.6 Å². The number of anilines is 1. The van der Waals surface area contributed by atoms with E-state index in [9.17, 15) is 5.26 Å². The van der Waals surface area contributed by atoms with Crippen molar-refractivity contribution in [2.45, 2.75) is 65.3 Å². The van der Waals surface area contributed by atoms with Crippen molar-refractivity contribution in [3.63, 3.8) is 0 Å². The molecular formula is C18H28N8. The lowest BCUT2D eigenvalue weighted by Gasteiger charge is -2.15. The van der Waals surface area contributed by atoms with E-state index in [1.807, 2.05) is 20.8 Å². The molecule has 8 nitrogen and oxygen atoms in total. The van der Waals surface area contributed by atoms with Crippen molar-refractivity contribution in [2.75, 3.05) is 5.73 Å². The lowest BCUT2D eigenvalue weighted by Crippen LogP contribution is -2.12. The molecule has 0 spiro atoms. The summed E-state index contributed by atoms with van der Waals surface area (Å²) < 4.78 is 3.34. The van der Waals surface area contributed by atoms with Crippen molar-refractivity contribution >= 4 is 17.3 Å². The Balaban J connectivity index is 2.34. The van der Waals surface area contributed by atoms with Crippen molar-refractivity contribution in [1.29, 1.82) is 5.26 Å². The number of hydrogen-bond donors (Lipinski definition) is 1. The maximum atomic E-state index is 9.34. The second-order valence-corrected chi connectivity index (χ2v) is 7.43. The fraction of sp³-hybridized carbons (Fsp3) is 0.611. The average molecular weight is 356 g/mol. The predicted octanol–water partition coefficient (Wildman–Crippen LogP) is 4.36. The molecule has 2 N–H and O–H groups in total. The third-order valence-corrected chi connectivity index (χ3v) is 4.18. The Hall–Kier alpha value is -2.69. The largest absolute Gasteiger partial charge is 0.382 e. The summed E-state index contributed by atoms with van der Waals surface area (Å²) in [6, 6.07) is 2.13. The first-order valence-electron chi connectivity index (χ1n) is 9.00. The Kier molecular flexibility index (Phi) is 6.14. The molecule has 2 aromatic heterocycles. The van der Waals surface area contributed by atoms with Gasteiger partial charge in [0.15, 0.2) is 11.5 Å². The van der Waals surface area contributed by atoms with Crippen LogP contribution in [0, 0.1) is 11.3 Å². The van der Waals surface area contributed by atoms with E-state index in [4.69, 9.17) is 5.73 Å². The summed E-state index contributed by atoms with van der Waals surface area (Å²) in [5.74, 6) is 0.915. The molecule has 0 bridgehead atoms. The normalized spacial score (nSPS) is 12.0. The molecule has 0 atom stereocenters. The van der Waals surface area contributed by atoms with Crippen LogP contribution in [0.3, 0.4) is 0 Å². The van der Waals surface area contributed by atoms with E-state index >= 15 is 0 Å². The molecule has 2 rings (SSSR count). The Morgan fingerprint density at radius 2 is 1.96 bits per heavy atom. The maximum absolute atomic E-state index is 9.34. The highest BCUT2D eigenvalue weighted by Gasteiger charge is 2.25. The van der Waals surface area contributed by atoms with Gasteiger partial charge in [-0.15, -0.1) is 10.2 Å². The predicted molar refractivity (Wildman–Crippen MR) is 102 cm³/mol. The first-order chi connectivity index (χ1) is 12.3. The van der Waals surface area contributed by atoms with E-state index < -0.39 is 0 Å². The average Bonchev–Trinajstić information content (AvgIpc) is 3.11. The van der Waals surface area contributed by atoms with Gasteiger partial charge in [0, 0.05) is 19.0 Å². The minimum Gasteiger partial charge on any atom is -0.382 e. The summed E-state index contributed by atoms with van der Waals surface area (Å²) in [5.41, 5.74) is 7.62. The van der Waals surface area contributed by atoms with Crippen LogP contribution in [0.15, 0.2) is 16.4 Å². The lowest BCUT2D eigenvalue weighted by atomic mass is 9.91. The number of hydrogen-bond acceptors (Lipinski definition) is 6. The van der Waals surface area contributed by atoms with Crippen LogP contribution in [0.1, 0.15) is 64.6 Å². The number of nitrogen functional groups attached to an aromatic ring is 1. The van der Waals surface area contributed by atoms with Gasteiger partial charge in [-0.1, -0.05) is 47.0 Å². The van der Waals surface area contributed by atoms with Crippen molar-refractivity contribution < 1.29 is 0 Å². The molecule has 0 aliphatic rings. The molecule has 0 saturated carbocycles. The SMILES string of the molecule is CCCCCCn1ncc(C#N)c1N=Nc1c(C(C)(C)C)nn(C)c1N. The topological polar surface area (TPSA) is 110 Å². The number of nitriles is 1. The van der Waals surface area contributed by atoms with Crippen LogP contribution in [0.5, 0.6) is 0 Å². The molecule has 140 valence electrons. The smallest absolute Gasteiger partial charge is 0.191 e. The number of aryl methyl sites for hydroxylation is 2. The quantitative estimate of drug-likeness (QED) is 0.586. The number of azo groups is 1. The lowest BCUT2D eigenvalue weighted by molar-refractivity contribution is 0.542. The molecule has 0 aliphatic heterocycles. The fourth-order valence-corrected chi connectivity index (χ4v) is 2.64. The van der Waals surface area contributed by atoms with Crippen LogP contribution in [0.4, 0.5) is 17.3 Å². The molecule has 0 unspecified atom stereocenters. The van der Waals surface area contributed by atoms with Gasteiger partial charge in [-0.2, -0.15) is 15.5 Å². The second-order valence-electron chi connectivity index (χ2n) is 7.43. The van der Waals surface area contributed by atoms with Crippen molar-refractivity contribution in [3.05, 3.63) is 17.5 Å². The van der Waals surface area contributed by atoms with E-state index in [2.05, 4.69) is 33.4 Å². The second kappa shape index (κ2) is 8.13. The molecule has 2 heterocycles.